The summed E-state index contributed by atoms with van der Waals surface area (Å²) in [6.45, 7) is 8.11. The van der Waals surface area contributed by atoms with Gasteiger partial charge in [-0.05, 0) is 57.9 Å². The summed E-state index contributed by atoms with van der Waals surface area (Å²) in [5, 5.41) is 3.59. The van der Waals surface area contributed by atoms with Crippen molar-refractivity contribution in [3.05, 3.63) is 87.3 Å². The van der Waals surface area contributed by atoms with E-state index in [4.69, 9.17) is 32.7 Å². The zero-order valence-corrected chi connectivity index (χ0v) is 30.5. The van der Waals surface area contributed by atoms with Crippen molar-refractivity contribution < 1.29 is 28.2 Å². The lowest BCUT2D eigenvalue weighted by atomic mass is 9.98. The predicted octanol–water partition coefficient (Wildman–Crippen LogP) is 7.71. The zero-order valence-electron chi connectivity index (χ0n) is 29.0. The van der Waals surface area contributed by atoms with Crippen LogP contribution in [0.5, 0.6) is 5.88 Å². The first-order valence-corrected chi connectivity index (χ1v) is 17.3. The van der Waals surface area contributed by atoms with Crippen LogP contribution in [0.1, 0.15) is 55.1 Å². The van der Waals surface area contributed by atoms with Gasteiger partial charge >= 0.3 is 6.09 Å². The third kappa shape index (κ3) is 7.64. The number of carbonyl (C=O) groups is 3. The van der Waals surface area contributed by atoms with Crippen LogP contribution in [-0.2, 0) is 16.1 Å². The summed E-state index contributed by atoms with van der Waals surface area (Å²) in [4.78, 5) is 50.6. The van der Waals surface area contributed by atoms with E-state index in [1.165, 1.54) is 13.2 Å². The first kappa shape index (κ1) is 36.1. The van der Waals surface area contributed by atoms with E-state index in [0.29, 0.717) is 80.7 Å². The lowest BCUT2D eigenvalue weighted by molar-refractivity contribution is -0.119. The fourth-order valence-corrected chi connectivity index (χ4v) is 6.94. The Labute approximate surface area is 305 Å². The number of fused-ring (bicyclic) bond motifs is 1. The molecule has 1 saturated heterocycles. The van der Waals surface area contributed by atoms with Crippen LogP contribution < -0.4 is 10.1 Å². The van der Waals surface area contributed by atoms with Crippen molar-refractivity contribution in [2.75, 3.05) is 26.7 Å². The third-order valence-corrected chi connectivity index (χ3v) is 9.68. The van der Waals surface area contributed by atoms with Crippen molar-refractivity contribution in [2.24, 2.45) is 0 Å². The quantitative estimate of drug-likeness (QED) is 0.187. The number of rotatable bonds is 9. The molecule has 0 aliphatic carbocycles. The number of amides is 3. The van der Waals surface area contributed by atoms with E-state index in [9.17, 15) is 18.8 Å². The highest BCUT2D eigenvalue weighted by molar-refractivity contribution is 6.39. The lowest BCUT2D eigenvalue weighted by Gasteiger charge is -2.30. The molecule has 0 radical (unpaired) electrons. The molecule has 4 heterocycles. The third-order valence-electron chi connectivity index (χ3n) is 8.89. The summed E-state index contributed by atoms with van der Waals surface area (Å²) in [6, 6.07) is 13.7. The van der Waals surface area contributed by atoms with Gasteiger partial charge in [0.1, 0.15) is 11.4 Å². The van der Waals surface area contributed by atoms with Crippen molar-refractivity contribution in [3.8, 4) is 39.5 Å². The molecule has 1 atom stereocenters. The molecule has 266 valence electrons. The number of benzene rings is 2. The molecule has 1 fully saturated rings. The van der Waals surface area contributed by atoms with Crippen LogP contribution in [0.3, 0.4) is 0 Å². The maximum Gasteiger partial charge on any atom is 0.410 e. The number of carbonyl (C=O) groups excluding carboxylic acids is 3. The Morgan fingerprint density at radius 1 is 1.06 bits per heavy atom. The van der Waals surface area contributed by atoms with Gasteiger partial charge in [-0.1, -0.05) is 47.5 Å². The van der Waals surface area contributed by atoms with E-state index in [-0.39, 0.29) is 36.8 Å². The molecule has 13 heteroatoms. The summed E-state index contributed by atoms with van der Waals surface area (Å²) >= 11 is 13.9. The van der Waals surface area contributed by atoms with E-state index in [2.05, 4.69) is 15.3 Å². The van der Waals surface area contributed by atoms with Crippen molar-refractivity contribution in [3.63, 3.8) is 0 Å². The van der Waals surface area contributed by atoms with Crippen LogP contribution >= 0.6 is 23.2 Å². The molecule has 2 aliphatic rings. The Morgan fingerprint density at radius 3 is 2.51 bits per heavy atom. The van der Waals surface area contributed by atoms with Gasteiger partial charge in [0.05, 0.1) is 28.5 Å². The summed E-state index contributed by atoms with van der Waals surface area (Å²) in [5.41, 5.74) is 4.23. The molecule has 0 saturated carbocycles. The SMILES string of the molecule is COc1nc(-c2cccc(-c3ccnc(-c4ccc5c(c4)CN(CCN(C[C@@H]4CCC(=O)N4)C(=O)OC(C)(C)C)C5=O)c3Cl)c2Cl)cc(F)c1C. The molecule has 1 N–H and O–H groups in total. The number of halogens is 3. The van der Waals surface area contributed by atoms with E-state index in [1.807, 2.05) is 12.1 Å². The van der Waals surface area contributed by atoms with Crippen LogP contribution in [0, 0.1) is 12.7 Å². The average Bonchev–Trinajstić information content (AvgIpc) is 3.64. The second kappa shape index (κ2) is 14.5. The number of ether oxygens (including phenoxy) is 2. The van der Waals surface area contributed by atoms with Gasteiger partial charge in [-0.15, -0.1) is 0 Å². The molecule has 6 rings (SSSR count). The van der Waals surface area contributed by atoms with Crippen LogP contribution in [0.25, 0.3) is 33.6 Å². The van der Waals surface area contributed by atoms with Gasteiger partial charge < -0.3 is 24.6 Å². The largest absolute Gasteiger partial charge is 0.481 e. The van der Waals surface area contributed by atoms with Gasteiger partial charge in [0.2, 0.25) is 11.8 Å². The molecule has 2 aromatic carbocycles. The highest BCUT2D eigenvalue weighted by atomic mass is 35.5. The van der Waals surface area contributed by atoms with Gasteiger partial charge in [-0.25, -0.2) is 14.2 Å². The Hall–Kier alpha value is -4.74. The summed E-state index contributed by atoms with van der Waals surface area (Å²) in [6.07, 6.45) is 2.18. The van der Waals surface area contributed by atoms with Crippen molar-refractivity contribution in [1.82, 2.24) is 25.1 Å². The molecule has 0 bridgehead atoms. The van der Waals surface area contributed by atoms with Crippen molar-refractivity contribution in [1.29, 1.82) is 0 Å². The molecule has 3 amide bonds. The molecule has 2 aliphatic heterocycles. The van der Waals surface area contributed by atoms with E-state index >= 15 is 0 Å². The minimum Gasteiger partial charge on any atom is -0.481 e. The minimum absolute atomic E-state index is 0.0425. The normalized spacial score (nSPS) is 15.5. The highest BCUT2D eigenvalue weighted by Gasteiger charge is 2.32. The smallest absolute Gasteiger partial charge is 0.410 e. The van der Waals surface area contributed by atoms with Gasteiger partial charge in [0, 0.05) is 84.3 Å². The van der Waals surface area contributed by atoms with E-state index in [0.717, 1.165) is 5.56 Å². The molecule has 0 unspecified atom stereocenters. The van der Waals surface area contributed by atoms with Crippen molar-refractivity contribution >= 4 is 41.1 Å². The Morgan fingerprint density at radius 2 is 1.80 bits per heavy atom. The van der Waals surface area contributed by atoms with E-state index in [1.54, 1.807) is 74.0 Å². The summed E-state index contributed by atoms with van der Waals surface area (Å²) in [7, 11) is 1.43. The number of nitrogens with zero attached hydrogens (tertiary/aromatic N) is 4. The molecule has 10 nitrogen and oxygen atoms in total. The van der Waals surface area contributed by atoms with Crippen LogP contribution in [-0.4, -0.2) is 76.1 Å². The summed E-state index contributed by atoms with van der Waals surface area (Å²) in [5.74, 6) is -0.484. The minimum atomic E-state index is -0.697. The molecule has 4 aromatic rings. The first-order chi connectivity index (χ1) is 24.2. The Kier molecular flexibility index (Phi) is 10.2. The number of pyridine rings is 2. The molecular formula is C38H38Cl2FN5O5. The maximum atomic E-state index is 14.7. The topological polar surface area (TPSA) is 114 Å². The predicted molar refractivity (Wildman–Crippen MR) is 193 cm³/mol. The highest BCUT2D eigenvalue weighted by Crippen LogP contribution is 2.42. The Balaban J connectivity index is 1.23. The van der Waals surface area contributed by atoms with Crippen LogP contribution in [0.15, 0.2) is 54.7 Å². The van der Waals surface area contributed by atoms with Crippen LogP contribution in [0.2, 0.25) is 10.0 Å². The number of hydrogen-bond acceptors (Lipinski definition) is 7. The fourth-order valence-electron chi connectivity index (χ4n) is 6.30. The maximum absolute atomic E-state index is 14.7. The lowest BCUT2D eigenvalue weighted by Crippen LogP contribution is -2.47. The van der Waals surface area contributed by atoms with Crippen molar-refractivity contribution in [2.45, 2.75) is 58.7 Å². The average molecular weight is 735 g/mol. The molecular weight excluding hydrogens is 696 g/mol. The monoisotopic (exact) mass is 733 g/mol. The van der Waals surface area contributed by atoms with Gasteiger partial charge in [0.15, 0.2) is 0 Å². The second-order valence-electron chi connectivity index (χ2n) is 13.6. The zero-order chi connectivity index (χ0) is 36.6. The summed E-state index contributed by atoms with van der Waals surface area (Å²) < 4.78 is 25.6. The number of aromatic nitrogens is 2. The van der Waals surface area contributed by atoms with Crippen LogP contribution in [0.4, 0.5) is 9.18 Å². The number of hydrogen-bond donors (Lipinski definition) is 1. The van der Waals surface area contributed by atoms with Gasteiger partial charge in [0.25, 0.3) is 5.91 Å². The number of nitrogens with one attached hydrogen (secondary N) is 1. The van der Waals surface area contributed by atoms with Gasteiger partial charge in [-0.3, -0.25) is 14.6 Å². The molecule has 51 heavy (non-hydrogen) atoms. The van der Waals surface area contributed by atoms with E-state index < -0.39 is 17.5 Å². The second-order valence-corrected chi connectivity index (χ2v) is 14.4. The molecule has 0 spiro atoms. The Bertz CT molecular complexity index is 2030. The fraction of sp³-hybridized carbons (Fsp3) is 0.342. The molecule has 2 aromatic heterocycles. The number of methoxy groups -OCH3 is 1. The van der Waals surface area contributed by atoms with Gasteiger partial charge in [-0.2, -0.15) is 0 Å². The first-order valence-electron chi connectivity index (χ1n) is 16.6. The standard InChI is InChI=1S/C38H38Cl2FN5O5/c1-21-29(41)18-30(44-35(21)50-5)28-8-6-7-26(32(28)39)27-13-14-42-34(33(27)40)22-9-11-25-23(17-22)19-45(36(25)48)15-16-46(37(49)51-38(2,3)4)20-24-10-12-31(47)43-24/h6-9,11,13-14,17-18,24H,10,12,15-16,19-20H2,1-5H3,(H,43,47)/t24-/m0/s1.